The van der Waals surface area contributed by atoms with Crippen molar-refractivity contribution in [2.45, 2.75) is 30.6 Å². The number of benzene rings is 3. The van der Waals surface area contributed by atoms with E-state index >= 15 is 0 Å². The van der Waals surface area contributed by atoms with Crippen molar-refractivity contribution in [1.82, 2.24) is 4.31 Å². The van der Waals surface area contributed by atoms with Gasteiger partial charge in [0.05, 0.1) is 10.5 Å². The molecule has 0 aliphatic carbocycles. The van der Waals surface area contributed by atoms with Gasteiger partial charge >= 0.3 is 12.1 Å². The Balaban J connectivity index is 2.01. The molecule has 1 atom stereocenters. The molecule has 6 nitrogen and oxygen atoms in total. The number of hydrogen-bond donors (Lipinski definition) is 1. The zero-order valence-electron chi connectivity index (χ0n) is 18.6. The van der Waals surface area contributed by atoms with Crippen LogP contribution in [0.4, 0.5) is 13.2 Å². The van der Waals surface area contributed by atoms with Crippen LogP contribution >= 0.6 is 22.6 Å². The first kappa shape index (κ1) is 27.0. The number of hydrogen-bond acceptors (Lipinski definition) is 4. The molecule has 0 saturated carbocycles. The molecule has 0 saturated heterocycles. The Morgan fingerprint density at radius 1 is 1.09 bits per heavy atom. The molecule has 3 aromatic carbocycles. The molecule has 0 unspecified atom stereocenters. The van der Waals surface area contributed by atoms with Crippen molar-refractivity contribution in [3.8, 4) is 16.9 Å². The van der Waals surface area contributed by atoms with E-state index < -0.39 is 33.8 Å². The molecule has 3 rings (SSSR count). The molecule has 0 amide bonds. The average Bonchev–Trinajstić information content (AvgIpc) is 2.79. The number of nitrogens with zero attached hydrogens (tertiary/aromatic N) is 1. The normalized spacial score (nSPS) is 13.0. The summed E-state index contributed by atoms with van der Waals surface area (Å²) in [5, 5.41) is 9.20. The largest absolute Gasteiger partial charge is 0.479 e. The monoisotopic (exact) mass is 619 g/mol. The van der Waals surface area contributed by atoms with Crippen LogP contribution in [-0.4, -0.2) is 37.0 Å². The predicted octanol–water partition coefficient (Wildman–Crippen LogP) is 5.65. The molecule has 0 aromatic heterocycles. The number of ether oxygens (including phenoxy) is 1. The Morgan fingerprint density at radius 2 is 1.74 bits per heavy atom. The first-order valence-electron chi connectivity index (χ1n) is 10.2. The summed E-state index contributed by atoms with van der Waals surface area (Å²) in [7, 11) is -2.43. The van der Waals surface area contributed by atoms with Gasteiger partial charge in [-0.25, -0.2) is 13.2 Å². The Kier molecular flexibility index (Phi) is 8.12. The minimum Gasteiger partial charge on any atom is -0.479 e. The molecule has 11 heteroatoms. The van der Waals surface area contributed by atoms with Crippen molar-refractivity contribution in [2.24, 2.45) is 0 Å². The van der Waals surface area contributed by atoms with Gasteiger partial charge in [0.1, 0.15) is 5.75 Å². The van der Waals surface area contributed by atoms with Crippen LogP contribution in [0.2, 0.25) is 0 Å². The van der Waals surface area contributed by atoms with E-state index in [1.54, 1.807) is 18.2 Å². The number of halogens is 4. The van der Waals surface area contributed by atoms with Crippen molar-refractivity contribution in [3.05, 3.63) is 81.4 Å². The summed E-state index contributed by atoms with van der Waals surface area (Å²) in [6.07, 6.45) is -5.83. The lowest BCUT2D eigenvalue weighted by atomic mass is 9.99. The number of carboxylic acid groups (broad SMARTS) is 1. The molecule has 0 heterocycles. The molecule has 0 fully saturated rings. The highest BCUT2D eigenvalue weighted by Gasteiger charge is 2.31. The van der Waals surface area contributed by atoms with Gasteiger partial charge in [0, 0.05) is 22.7 Å². The topological polar surface area (TPSA) is 83.9 Å². The van der Waals surface area contributed by atoms with Crippen LogP contribution in [0.5, 0.6) is 5.75 Å². The lowest BCUT2D eigenvalue weighted by Crippen LogP contribution is -2.26. The van der Waals surface area contributed by atoms with Gasteiger partial charge in [-0.15, -0.1) is 0 Å². The van der Waals surface area contributed by atoms with Crippen molar-refractivity contribution in [2.75, 3.05) is 7.05 Å². The molecule has 0 spiro atoms. The zero-order chi connectivity index (χ0) is 26.0. The van der Waals surface area contributed by atoms with Crippen molar-refractivity contribution < 1.29 is 36.2 Å². The quantitative estimate of drug-likeness (QED) is 0.330. The van der Waals surface area contributed by atoms with Gasteiger partial charge in [-0.2, -0.15) is 17.5 Å². The third kappa shape index (κ3) is 6.53. The minimum atomic E-state index is -4.58. The molecule has 0 aliphatic rings. The van der Waals surface area contributed by atoms with Gasteiger partial charge in [-0.05, 0) is 89.2 Å². The van der Waals surface area contributed by atoms with Crippen LogP contribution < -0.4 is 4.74 Å². The Labute approximate surface area is 214 Å². The maximum absolute atomic E-state index is 13.3. The van der Waals surface area contributed by atoms with Gasteiger partial charge in [0.2, 0.25) is 10.0 Å². The third-order valence-corrected chi connectivity index (χ3v) is 7.66. The van der Waals surface area contributed by atoms with Crippen molar-refractivity contribution in [1.29, 1.82) is 0 Å². The summed E-state index contributed by atoms with van der Waals surface area (Å²) in [6, 6.07) is 15.3. The summed E-state index contributed by atoms with van der Waals surface area (Å²) in [5.74, 6) is -1.18. The lowest BCUT2D eigenvalue weighted by molar-refractivity contribution is -0.144. The first-order valence-corrected chi connectivity index (χ1v) is 12.7. The molecule has 0 radical (unpaired) electrons. The highest BCUT2D eigenvalue weighted by molar-refractivity contribution is 14.1. The second-order valence-corrected chi connectivity index (χ2v) is 11.0. The molecule has 1 N–H and O–H groups in total. The van der Waals surface area contributed by atoms with E-state index in [0.717, 1.165) is 20.0 Å². The highest BCUT2D eigenvalue weighted by Crippen LogP contribution is 2.36. The number of carboxylic acids is 1. The zero-order valence-corrected chi connectivity index (χ0v) is 21.6. The van der Waals surface area contributed by atoms with Crippen LogP contribution in [0.25, 0.3) is 11.1 Å². The second kappa shape index (κ2) is 10.5. The fraction of sp³-hybridized carbons (Fsp3) is 0.208. The number of aliphatic carboxylic acids is 1. The Morgan fingerprint density at radius 3 is 2.34 bits per heavy atom. The fourth-order valence-electron chi connectivity index (χ4n) is 3.24. The lowest BCUT2D eigenvalue weighted by Gasteiger charge is -2.20. The van der Waals surface area contributed by atoms with E-state index in [1.807, 2.05) is 0 Å². The molecule has 35 heavy (non-hydrogen) atoms. The summed E-state index contributed by atoms with van der Waals surface area (Å²) in [4.78, 5) is 11.4. The predicted molar refractivity (Wildman–Crippen MR) is 132 cm³/mol. The van der Waals surface area contributed by atoms with E-state index in [2.05, 4.69) is 22.6 Å². The van der Waals surface area contributed by atoms with Gasteiger partial charge in [-0.3, -0.25) is 0 Å². The molecule has 0 bridgehead atoms. The van der Waals surface area contributed by atoms with Crippen LogP contribution in [0, 0.1) is 3.57 Å². The Hall–Kier alpha value is -2.64. The maximum atomic E-state index is 13.3. The molecular formula is C24H21F3INO5S. The SMILES string of the molecule is C[C@@H](Oc1ccc(CN(C)S(=O)(=O)c2ccc(I)cc2)cc1-c1cccc(C(F)(F)F)c1)C(=O)O. The van der Waals surface area contributed by atoms with E-state index in [-0.39, 0.29) is 28.3 Å². The van der Waals surface area contributed by atoms with E-state index in [1.165, 1.54) is 50.4 Å². The van der Waals surface area contributed by atoms with Crippen LogP contribution in [0.3, 0.4) is 0 Å². The number of rotatable bonds is 8. The van der Waals surface area contributed by atoms with Crippen LogP contribution in [-0.2, 0) is 27.5 Å². The minimum absolute atomic E-state index is 0.0612. The molecule has 186 valence electrons. The van der Waals surface area contributed by atoms with Crippen molar-refractivity contribution >= 4 is 38.6 Å². The van der Waals surface area contributed by atoms with E-state index in [0.29, 0.717) is 5.56 Å². The summed E-state index contributed by atoms with van der Waals surface area (Å²) in [5.41, 5.74) is -0.0421. The molecule has 3 aromatic rings. The summed E-state index contributed by atoms with van der Waals surface area (Å²) >= 11 is 2.06. The summed E-state index contributed by atoms with van der Waals surface area (Å²) < 4.78 is 73.2. The number of alkyl halides is 3. The average molecular weight is 619 g/mol. The van der Waals surface area contributed by atoms with E-state index in [9.17, 15) is 31.5 Å². The van der Waals surface area contributed by atoms with Gasteiger partial charge in [-0.1, -0.05) is 18.2 Å². The van der Waals surface area contributed by atoms with Crippen LogP contribution in [0.1, 0.15) is 18.1 Å². The van der Waals surface area contributed by atoms with Crippen LogP contribution in [0.15, 0.2) is 71.6 Å². The summed E-state index contributed by atoms with van der Waals surface area (Å²) in [6.45, 7) is 1.22. The van der Waals surface area contributed by atoms with E-state index in [4.69, 9.17) is 4.74 Å². The number of sulfonamides is 1. The smallest absolute Gasteiger partial charge is 0.416 e. The maximum Gasteiger partial charge on any atom is 0.416 e. The standard InChI is InChI=1S/C24H21F3INO5S/c1-15(23(30)31)34-22-11-6-16(12-21(22)17-4-3-5-18(13-17)24(25,26)27)14-29(2)35(32,33)20-9-7-19(28)8-10-20/h3-13,15H,14H2,1-2H3,(H,30,31)/t15-/m1/s1. The highest BCUT2D eigenvalue weighted by atomic mass is 127. The molecule has 0 aliphatic heterocycles. The third-order valence-electron chi connectivity index (χ3n) is 5.12. The molecular weight excluding hydrogens is 598 g/mol. The first-order chi connectivity index (χ1) is 16.3. The fourth-order valence-corrected chi connectivity index (χ4v) is 4.75. The van der Waals surface area contributed by atoms with Crippen molar-refractivity contribution in [3.63, 3.8) is 0 Å². The van der Waals surface area contributed by atoms with Gasteiger partial charge < -0.3 is 9.84 Å². The van der Waals surface area contributed by atoms with Gasteiger partial charge in [0.25, 0.3) is 0 Å². The second-order valence-electron chi connectivity index (χ2n) is 7.72. The Bertz CT molecular complexity index is 1330. The van der Waals surface area contributed by atoms with Gasteiger partial charge in [0.15, 0.2) is 6.10 Å². The number of carbonyl (C=O) groups is 1.